The predicted octanol–water partition coefficient (Wildman–Crippen LogP) is 2.92. The molecule has 1 aromatic carbocycles. The van der Waals surface area contributed by atoms with Crippen molar-refractivity contribution in [1.29, 1.82) is 0 Å². The first kappa shape index (κ1) is 17.8. The van der Waals surface area contributed by atoms with Gasteiger partial charge in [0.05, 0.1) is 12.6 Å². The Balaban J connectivity index is 1.64. The van der Waals surface area contributed by atoms with Crippen LogP contribution in [0.5, 0.6) is 5.75 Å². The fourth-order valence-corrected chi connectivity index (χ4v) is 3.33. The van der Waals surface area contributed by atoms with Crippen molar-refractivity contribution in [3.8, 4) is 5.75 Å². The Morgan fingerprint density at radius 1 is 1.36 bits per heavy atom. The number of amides is 2. The van der Waals surface area contributed by atoms with Crippen LogP contribution < -0.4 is 10.1 Å². The monoisotopic (exact) mass is 358 g/mol. The van der Waals surface area contributed by atoms with Gasteiger partial charge in [0.15, 0.2) is 5.60 Å². The Kier molecular flexibility index (Phi) is 4.57. The number of urea groups is 1. The number of alkyl halides is 3. The van der Waals surface area contributed by atoms with Crippen LogP contribution in [0.1, 0.15) is 36.4 Å². The molecule has 0 aliphatic carbocycles. The maximum atomic E-state index is 12.8. The molecule has 138 valence electrons. The third kappa shape index (κ3) is 3.40. The molecule has 5 nitrogen and oxygen atoms in total. The molecule has 1 aromatic rings. The number of rotatable bonds is 1. The van der Waals surface area contributed by atoms with Crippen LogP contribution in [0.3, 0.4) is 0 Å². The number of para-hydroxylation sites is 1. The standard InChI is InChI=1S/C17H21F3N2O3/c1-11-3-2-4-12-13(5-10-25-14(11)12)21-15(23)22-8-6-16(24,7-9-22)17(18,19)20/h2-4,13,24H,5-10H2,1H3,(H,21,23)/t13-/m1/s1. The molecule has 1 fully saturated rings. The highest BCUT2D eigenvalue weighted by Crippen LogP contribution is 2.39. The summed E-state index contributed by atoms with van der Waals surface area (Å²) in [6, 6.07) is 5.03. The molecule has 1 saturated heterocycles. The maximum Gasteiger partial charge on any atom is 0.417 e. The van der Waals surface area contributed by atoms with Gasteiger partial charge in [0.2, 0.25) is 0 Å². The van der Waals surface area contributed by atoms with Gasteiger partial charge in [-0.3, -0.25) is 0 Å². The molecule has 0 unspecified atom stereocenters. The third-order valence-corrected chi connectivity index (χ3v) is 4.97. The second kappa shape index (κ2) is 6.40. The van der Waals surface area contributed by atoms with E-state index in [9.17, 15) is 23.1 Å². The van der Waals surface area contributed by atoms with Gasteiger partial charge < -0.3 is 20.1 Å². The highest BCUT2D eigenvalue weighted by molar-refractivity contribution is 5.75. The summed E-state index contributed by atoms with van der Waals surface area (Å²) in [6.45, 7) is 2.12. The SMILES string of the molecule is Cc1cccc2c1OCC[C@H]2NC(=O)N1CCC(O)(C(F)(F)F)CC1. The molecule has 8 heteroatoms. The van der Waals surface area contributed by atoms with Crippen LogP contribution in [0.4, 0.5) is 18.0 Å². The summed E-state index contributed by atoms with van der Waals surface area (Å²) < 4.78 is 44.2. The van der Waals surface area contributed by atoms with Crippen LogP contribution in [-0.4, -0.2) is 47.5 Å². The minimum atomic E-state index is -4.67. The van der Waals surface area contributed by atoms with Crippen molar-refractivity contribution >= 4 is 6.03 Å². The fraction of sp³-hybridized carbons (Fsp3) is 0.588. The highest BCUT2D eigenvalue weighted by Gasteiger charge is 2.55. The zero-order chi connectivity index (χ0) is 18.2. The van der Waals surface area contributed by atoms with E-state index in [1.807, 2.05) is 25.1 Å². The smallest absolute Gasteiger partial charge is 0.417 e. The second-order valence-electron chi connectivity index (χ2n) is 6.65. The summed E-state index contributed by atoms with van der Waals surface area (Å²) in [5.41, 5.74) is -0.848. The molecule has 0 spiro atoms. The number of aliphatic hydroxyl groups is 1. The number of piperidine rings is 1. The molecule has 3 rings (SSSR count). The first-order valence-corrected chi connectivity index (χ1v) is 8.28. The molecule has 2 heterocycles. The summed E-state index contributed by atoms with van der Waals surface area (Å²) in [4.78, 5) is 13.8. The first-order chi connectivity index (χ1) is 11.7. The zero-order valence-corrected chi connectivity index (χ0v) is 13.9. The van der Waals surface area contributed by atoms with Gasteiger partial charge in [-0.25, -0.2) is 4.79 Å². The molecule has 0 bridgehead atoms. The quantitative estimate of drug-likeness (QED) is 0.811. The van der Waals surface area contributed by atoms with E-state index >= 15 is 0 Å². The van der Waals surface area contributed by atoms with Crippen LogP contribution >= 0.6 is 0 Å². The van der Waals surface area contributed by atoms with Crippen LogP contribution in [0.15, 0.2) is 18.2 Å². The van der Waals surface area contributed by atoms with Gasteiger partial charge in [0.25, 0.3) is 0 Å². The van der Waals surface area contributed by atoms with Crippen molar-refractivity contribution in [2.75, 3.05) is 19.7 Å². The van der Waals surface area contributed by atoms with Gasteiger partial charge >= 0.3 is 12.2 Å². The van der Waals surface area contributed by atoms with Crippen LogP contribution in [0, 0.1) is 6.92 Å². The first-order valence-electron chi connectivity index (χ1n) is 8.28. The van der Waals surface area contributed by atoms with Crippen LogP contribution in [-0.2, 0) is 0 Å². The lowest BCUT2D eigenvalue weighted by molar-refractivity contribution is -0.271. The third-order valence-electron chi connectivity index (χ3n) is 4.97. The molecule has 2 aliphatic heterocycles. The molecule has 0 aromatic heterocycles. The molecule has 2 amide bonds. The van der Waals surface area contributed by atoms with Gasteiger partial charge in [-0.05, 0) is 12.5 Å². The summed E-state index contributed by atoms with van der Waals surface area (Å²) >= 11 is 0. The predicted molar refractivity (Wildman–Crippen MR) is 84.4 cm³/mol. The number of likely N-dealkylation sites (tertiary alicyclic amines) is 1. The largest absolute Gasteiger partial charge is 0.493 e. The Labute approximate surface area is 143 Å². The molecule has 0 radical (unpaired) electrons. The number of benzene rings is 1. The van der Waals surface area contributed by atoms with Crippen LogP contribution in [0.25, 0.3) is 0 Å². The lowest BCUT2D eigenvalue weighted by Crippen LogP contribution is -2.56. The number of nitrogens with one attached hydrogen (secondary N) is 1. The number of carbonyl (C=O) groups excluding carboxylic acids is 1. The second-order valence-corrected chi connectivity index (χ2v) is 6.65. The van der Waals surface area contributed by atoms with Crippen molar-refractivity contribution in [1.82, 2.24) is 10.2 Å². The topological polar surface area (TPSA) is 61.8 Å². The summed E-state index contributed by atoms with van der Waals surface area (Å²) in [5.74, 6) is 0.754. The normalized spacial score (nSPS) is 22.8. The minimum absolute atomic E-state index is 0.133. The lowest BCUT2D eigenvalue weighted by Gasteiger charge is -2.39. The van der Waals surface area contributed by atoms with E-state index in [0.717, 1.165) is 16.9 Å². The number of aryl methyl sites for hydroxylation is 1. The minimum Gasteiger partial charge on any atom is -0.493 e. The lowest BCUT2D eigenvalue weighted by atomic mass is 9.91. The number of hydrogen-bond acceptors (Lipinski definition) is 3. The van der Waals surface area contributed by atoms with E-state index in [0.29, 0.717) is 13.0 Å². The number of carbonyl (C=O) groups is 1. The molecular formula is C17H21F3N2O3. The van der Waals surface area contributed by atoms with Gasteiger partial charge in [-0.2, -0.15) is 13.2 Å². The van der Waals surface area contributed by atoms with Gasteiger partial charge in [-0.15, -0.1) is 0 Å². The molecule has 25 heavy (non-hydrogen) atoms. The van der Waals surface area contributed by atoms with Crippen molar-refractivity contribution in [3.63, 3.8) is 0 Å². The average molecular weight is 358 g/mol. The van der Waals surface area contributed by atoms with E-state index in [1.54, 1.807) is 0 Å². The van der Waals surface area contributed by atoms with Crippen molar-refractivity contribution in [3.05, 3.63) is 29.3 Å². The highest BCUT2D eigenvalue weighted by atomic mass is 19.4. The van der Waals surface area contributed by atoms with E-state index in [2.05, 4.69) is 5.32 Å². The van der Waals surface area contributed by atoms with E-state index in [-0.39, 0.29) is 19.1 Å². The molecule has 2 N–H and O–H groups in total. The summed E-state index contributed by atoms with van der Waals surface area (Å²) in [6.07, 6.45) is -5.09. The molecular weight excluding hydrogens is 337 g/mol. The number of hydrogen-bond donors (Lipinski definition) is 2. The summed E-state index contributed by atoms with van der Waals surface area (Å²) in [5, 5.41) is 12.6. The molecule has 0 saturated carbocycles. The van der Waals surface area contributed by atoms with Gasteiger partial charge in [0.1, 0.15) is 5.75 Å². The van der Waals surface area contributed by atoms with E-state index in [4.69, 9.17) is 4.74 Å². The Morgan fingerprint density at radius 2 is 2.04 bits per heavy atom. The Hall–Kier alpha value is -1.96. The van der Waals surface area contributed by atoms with Crippen LogP contribution in [0.2, 0.25) is 0 Å². The Morgan fingerprint density at radius 3 is 2.68 bits per heavy atom. The average Bonchev–Trinajstić information content (AvgIpc) is 2.55. The molecule has 1 atom stereocenters. The summed E-state index contributed by atoms with van der Waals surface area (Å²) in [7, 11) is 0. The zero-order valence-electron chi connectivity index (χ0n) is 13.9. The number of fused-ring (bicyclic) bond motifs is 1. The van der Waals surface area contributed by atoms with Crippen molar-refractivity contribution in [2.24, 2.45) is 0 Å². The van der Waals surface area contributed by atoms with Crippen molar-refractivity contribution in [2.45, 2.75) is 44.0 Å². The van der Waals surface area contributed by atoms with E-state index in [1.165, 1.54) is 4.90 Å². The number of ether oxygens (including phenoxy) is 1. The van der Waals surface area contributed by atoms with Gasteiger partial charge in [-0.1, -0.05) is 18.2 Å². The number of nitrogens with zero attached hydrogens (tertiary/aromatic N) is 1. The van der Waals surface area contributed by atoms with Gasteiger partial charge in [0, 0.05) is 37.9 Å². The van der Waals surface area contributed by atoms with E-state index < -0.39 is 30.7 Å². The van der Waals surface area contributed by atoms with Crippen molar-refractivity contribution < 1.29 is 27.8 Å². The fourth-order valence-electron chi connectivity index (χ4n) is 3.33. The maximum absolute atomic E-state index is 12.8. The molecule has 2 aliphatic rings. The number of halogens is 3. The Bertz CT molecular complexity index is 655.